The Labute approximate surface area is 242 Å². The van der Waals surface area contributed by atoms with Crippen LogP contribution >= 0.6 is 11.3 Å². The first kappa shape index (κ1) is 28.1. The Morgan fingerprint density at radius 2 is 1.73 bits per heavy atom. The number of thiophene rings is 1. The highest BCUT2D eigenvalue weighted by atomic mass is 32.1. The predicted octanol–water partition coefficient (Wildman–Crippen LogP) is 8.48. The summed E-state index contributed by atoms with van der Waals surface area (Å²) in [5.41, 5.74) is 7.02. The lowest BCUT2D eigenvalue weighted by molar-refractivity contribution is -0.142. The second-order valence-electron chi connectivity index (χ2n) is 11.1. The average Bonchev–Trinajstić information content (AvgIpc) is 3.44. The number of carboxylic acid groups (broad SMARTS) is 1. The Morgan fingerprint density at radius 1 is 0.975 bits per heavy atom. The monoisotopic (exact) mass is 553 g/mol. The third-order valence-corrected chi connectivity index (χ3v) is 8.97. The minimum Gasteiger partial charge on any atom is -0.488 e. The molecule has 1 heterocycles. The van der Waals surface area contributed by atoms with Crippen molar-refractivity contribution in [1.82, 2.24) is 4.90 Å². The molecule has 40 heavy (non-hydrogen) atoms. The van der Waals surface area contributed by atoms with E-state index in [1.165, 1.54) is 48.8 Å². The highest BCUT2D eigenvalue weighted by Crippen LogP contribution is 2.36. The summed E-state index contributed by atoms with van der Waals surface area (Å²) in [6.07, 6.45) is 7.17. The molecule has 0 spiro atoms. The molecule has 0 aliphatic heterocycles. The normalized spacial score (nSPS) is 14.8. The van der Waals surface area contributed by atoms with E-state index in [2.05, 4.69) is 60.8 Å². The van der Waals surface area contributed by atoms with E-state index < -0.39 is 12.0 Å². The van der Waals surface area contributed by atoms with Gasteiger partial charge in [0.25, 0.3) is 0 Å². The molecule has 3 aromatic carbocycles. The van der Waals surface area contributed by atoms with Crippen LogP contribution in [0.2, 0.25) is 0 Å². The maximum absolute atomic E-state index is 12.1. The molecule has 0 amide bonds. The van der Waals surface area contributed by atoms with Gasteiger partial charge in [0.1, 0.15) is 18.4 Å². The van der Waals surface area contributed by atoms with Crippen LogP contribution in [0.5, 0.6) is 5.75 Å². The maximum Gasteiger partial charge on any atom is 0.321 e. The lowest BCUT2D eigenvalue weighted by atomic mass is 9.84. The first-order valence-electron chi connectivity index (χ1n) is 14.3. The van der Waals surface area contributed by atoms with Gasteiger partial charge >= 0.3 is 5.97 Å². The summed E-state index contributed by atoms with van der Waals surface area (Å²) < 4.78 is 6.36. The third kappa shape index (κ3) is 7.21. The zero-order chi connectivity index (χ0) is 27.9. The van der Waals surface area contributed by atoms with Gasteiger partial charge in [0.15, 0.2) is 0 Å². The van der Waals surface area contributed by atoms with Gasteiger partial charge in [0.2, 0.25) is 0 Å². The molecule has 0 bridgehead atoms. The summed E-state index contributed by atoms with van der Waals surface area (Å²) in [6, 6.07) is 26.7. The highest BCUT2D eigenvalue weighted by Gasteiger charge is 2.24. The number of benzene rings is 3. The molecule has 1 N–H and O–H groups in total. The SMILES string of the molecule is Cc1ccc(OCc2ccc(C3CCCCC3)cc2)c(-c2csc(CN(C)[C@@H](Cc3ccccc3)C(=O)O)c2)c1. The Hall–Kier alpha value is -3.41. The van der Waals surface area contributed by atoms with E-state index in [0.717, 1.165) is 27.3 Å². The van der Waals surface area contributed by atoms with Crippen LogP contribution in [0, 0.1) is 6.92 Å². The zero-order valence-corrected chi connectivity index (χ0v) is 24.3. The van der Waals surface area contributed by atoms with E-state index in [0.29, 0.717) is 25.5 Å². The molecule has 1 fully saturated rings. The van der Waals surface area contributed by atoms with E-state index in [1.807, 2.05) is 42.3 Å². The molecule has 1 aliphatic carbocycles. The Balaban J connectivity index is 1.25. The van der Waals surface area contributed by atoms with Gasteiger partial charge in [-0.3, -0.25) is 9.69 Å². The Kier molecular flexibility index (Phi) is 9.35. The first-order valence-corrected chi connectivity index (χ1v) is 15.2. The second-order valence-corrected chi connectivity index (χ2v) is 12.1. The molecule has 0 radical (unpaired) electrons. The van der Waals surface area contributed by atoms with E-state index >= 15 is 0 Å². The third-order valence-electron chi connectivity index (χ3n) is 8.04. The summed E-state index contributed by atoms with van der Waals surface area (Å²) in [5, 5.41) is 12.1. The first-order chi connectivity index (χ1) is 19.5. The van der Waals surface area contributed by atoms with Crippen LogP contribution in [0.3, 0.4) is 0 Å². The number of carbonyl (C=O) groups is 1. The van der Waals surface area contributed by atoms with E-state index in [4.69, 9.17) is 4.74 Å². The van der Waals surface area contributed by atoms with Crippen LogP contribution in [-0.2, 0) is 24.4 Å². The fourth-order valence-corrected chi connectivity index (χ4v) is 6.65. The molecule has 5 heteroatoms. The van der Waals surface area contributed by atoms with E-state index in [1.54, 1.807) is 11.3 Å². The van der Waals surface area contributed by atoms with Crippen LogP contribution in [-0.4, -0.2) is 29.1 Å². The van der Waals surface area contributed by atoms with Crippen molar-refractivity contribution in [3.8, 4) is 16.9 Å². The minimum atomic E-state index is -0.802. The lowest BCUT2D eigenvalue weighted by Crippen LogP contribution is -2.39. The van der Waals surface area contributed by atoms with Crippen molar-refractivity contribution in [3.63, 3.8) is 0 Å². The maximum atomic E-state index is 12.1. The van der Waals surface area contributed by atoms with Crippen LogP contribution < -0.4 is 4.74 Å². The number of ether oxygens (including phenoxy) is 1. The van der Waals surface area contributed by atoms with Gasteiger partial charge in [0.05, 0.1) is 0 Å². The van der Waals surface area contributed by atoms with Crippen molar-refractivity contribution >= 4 is 17.3 Å². The second kappa shape index (κ2) is 13.3. The Bertz CT molecular complexity index is 1390. The van der Waals surface area contributed by atoms with E-state index in [-0.39, 0.29) is 0 Å². The van der Waals surface area contributed by atoms with Crippen LogP contribution in [0.15, 0.2) is 84.2 Å². The quantitative estimate of drug-likeness (QED) is 0.202. The number of aliphatic carboxylic acids is 1. The summed E-state index contributed by atoms with van der Waals surface area (Å²) in [7, 11) is 1.89. The molecule has 1 aromatic heterocycles. The molecular formula is C35H39NO3S. The number of carboxylic acids is 1. The highest BCUT2D eigenvalue weighted by molar-refractivity contribution is 7.10. The lowest BCUT2D eigenvalue weighted by Gasteiger charge is -2.24. The molecule has 0 unspecified atom stereocenters. The fourth-order valence-electron chi connectivity index (χ4n) is 5.71. The number of likely N-dealkylation sites (N-methyl/N-ethyl adjacent to an activating group) is 1. The molecule has 208 valence electrons. The molecule has 1 saturated carbocycles. The molecule has 1 aliphatic rings. The van der Waals surface area contributed by atoms with Gasteiger partial charge in [-0.15, -0.1) is 11.3 Å². The largest absolute Gasteiger partial charge is 0.488 e. The fraction of sp³-hybridized carbons (Fsp3) is 0.343. The van der Waals surface area contributed by atoms with Gasteiger partial charge in [-0.05, 0) is 85.0 Å². The van der Waals surface area contributed by atoms with Crippen molar-refractivity contribution < 1.29 is 14.6 Å². The molecule has 0 saturated heterocycles. The van der Waals surface area contributed by atoms with Crippen molar-refractivity contribution in [3.05, 3.63) is 111 Å². The number of hydrogen-bond donors (Lipinski definition) is 1. The summed E-state index contributed by atoms with van der Waals surface area (Å²) in [6.45, 7) is 3.20. The number of hydrogen-bond acceptors (Lipinski definition) is 4. The molecular weight excluding hydrogens is 514 g/mol. The number of rotatable bonds is 11. The molecule has 4 nitrogen and oxygen atoms in total. The van der Waals surface area contributed by atoms with Crippen molar-refractivity contribution in [2.45, 2.75) is 70.6 Å². The van der Waals surface area contributed by atoms with Crippen molar-refractivity contribution in [2.24, 2.45) is 0 Å². The van der Waals surface area contributed by atoms with E-state index in [9.17, 15) is 9.90 Å². The smallest absolute Gasteiger partial charge is 0.321 e. The summed E-state index contributed by atoms with van der Waals surface area (Å²) >= 11 is 1.66. The minimum absolute atomic E-state index is 0.475. The standard InChI is InChI=1S/C35H39NO3S/c1-25-13-18-34(39-23-27-14-16-29(17-15-27)28-11-7-4-8-12-28)32(19-25)30-21-31(40-24-30)22-36(2)33(35(37)38)20-26-9-5-3-6-10-26/h3,5-6,9-10,13-19,21,24,28,33H,4,7-8,11-12,20,22-23H2,1-2H3,(H,37,38)/t33-/m0/s1. The predicted molar refractivity (Wildman–Crippen MR) is 164 cm³/mol. The van der Waals surface area contributed by atoms with Gasteiger partial charge < -0.3 is 9.84 Å². The van der Waals surface area contributed by atoms with Crippen LogP contribution in [0.25, 0.3) is 11.1 Å². The summed E-state index contributed by atoms with van der Waals surface area (Å²) in [5.74, 6) is 0.778. The number of aryl methyl sites for hydroxylation is 1. The van der Waals surface area contributed by atoms with Crippen LogP contribution in [0.4, 0.5) is 0 Å². The van der Waals surface area contributed by atoms with Gasteiger partial charge in [-0.25, -0.2) is 0 Å². The topological polar surface area (TPSA) is 49.8 Å². The number of nitrogens with zero attached hydrogens (tertiary/aromatic N) is 1. The zero-order valence-electron chi connectivity index (χ0n) is 23.5. The van der Waals surface area contributed by atoms with Crippen molar-refractivity contribution in [2.75, 3.05) is 7.05 Å². The van der Waals surface area contributed by atoms with Gasteiger partial charge in [-0.1, -0.05) is 85.5 Å². The average molecular weight is 554 g/mol. The summed E-state index contributed by atoms with van der Waals surface area (Å²) in [4.78, 5) is 15.1. The Morgan fingerprint density at radius 3 is 2.45 bits per heavy atom. The van der Waals surface area contributed by atoms with Crippen molar-refractivity contribution in [1.29, 1.82) is 0 Å². The molecule has 4 aromatic rings. The molecule has 5 rings (SSSR count). The van der Waals surface area contributed by atoms with Crippen LogP contribution in [0.1, 0.15) is 65.2 Å². The van der Waals surface area contributed by atoms with Gasteiger partial charge in [0, 0.05) is 17.0 Å². The molecule has 1 atom stereocenters. The van der Waals surface area contributed by atoms with Gasteiger partial charge in [-0.2, -0.15) is 0 Å².